The van der Waals surface area contributed by atoms with E-state index < -0.39 is 0 Å². The number of hydrogen-bond acceptors (Lipinski definition) is 5. The van der Waals surface area contributed by atoms with E-state index in [9.17, 15) is 4.79 Å². The summed E-state index contributed by atoms with van der Waals surface area (Å²) >= 11 is 3.17. The second-order valence-corrected chi connectivity index (χ2v) is 5.94. The van der Waals surface area contributed by atoms with Crippen LogP contribution in [0, 0.1) is 0 Å². The molecule has 2 heterocycles. The number of imidazole rings is 1. The van der Waals surface area contributed by atoms with Crippen molar-refractivity contribution in [2.75, 3.05) is 12.5 Å². The minimum atomic E-state index is 0.643. The van der Waals surface area contributed by atoms with Crippen molar-refractivity contribution in [2.24, 2.45) is 0 Å². The molecule has 0 saturated heterocycles. The van der Waals surface area contributed by atoms with Crippen LogP contribution in [0.2, 0.25) is 0 Å². The first-order valence-corrected chi connectivity index (χ1v) is 8.74. The van der Waals surface area contributed by atoms with Gasteiger partial charge in [-0.15, -0.1) is 11.8 Å². The summed E-state index contributed by atoms with van der Waals surface area (Å²) in [6, 6.07) is 9.43. The summed E-state index contributed by atoms with van der Waals surface area (Å²) in [6.45, 7) is 0. The van der Waals surface area contributed by atoms with Crippen LogP contribution < -0.4 is 0 Å². The van der Waals surface area contributed by atoms with E-state index in [1.165, 1.54) is 0 Å². The van der Waals surface area contributed by atoms with Crippen LogP contribution in [-0.4, -0.2) is 33.2 Å². The molecule has 3 rings (SSSR count). The van der Waals surface area contributed by atoms with Crippen LogP contribution in [0.15, 0.2) is 46.7 Å². The standard InChI is InChI=1S/C15H13N3OS2/c1-20-14-7-13-16-12(8-18(13)15(17-14)21-2)11-6-4-3-5-10(11)9-19/h3-9H,1-2H3. The lowest BCUT2D eigenvalue weighted by molar-refractivity contribution is 0.112. The van der Waals surface area contributed by atoms with Crippen molar-refractivity contribution in [3.63, 3.8) is 0 Å². The maximum Gasteiger partial charge on any atom is 0.174 e. The number of fused-ring (bicyclic) bond motifs is 1. The molecule has 0 aliphatic carbocycles. The summed E-state index contributed by atoms with van der Waals surface area (Å²) in [7, 11) is 0. The number of aldehydes is 1. The Bertz CT molecular complexity index is 814. The zero-order valence-electron chi connectivity index (χ0n) is 11.6. The van der Waals surface area contributed by atoms with E-state index in [2.05, 4.69) is 9.97 Å². The molecule has 0 fully saturated rings. The second-order valence-electron chi connectivity index (χ2n) is 4.34. The minimum absolute atomic E-state index is 0.643. The molecule has 21 heavy (non-hydrogen) atoms. The predicted molar refractivity (Wildman–Crippen MR) is 87.4 cm³/mol. The largest absolute Gasteiger partial charge is 0.298 e. The fourth-order valence-electron chi connectivity index (χ4n) is 2.15. The molecular weight excluding hydrogens is 302 g/mol. The highest BCUT2D eigenvalue weighted by atomic mass is 32.2. The molecule has 0 atom stereocenters. The number of hydrogen-bond donors (Lipinski definition) is 0. The first-order valence-electron chi connectivity index (χ1n) is 6.29. The molecule has 0 unspecified atom stereocenters. The van der Waals surface area contributed by atoms with Crippen molar-refractivity contribution in [2.45, 2.75) is 10.2 Å². The smallest absolute Gasteiger partial charge is 0.174 e. The van der Waals surface area contributed by atoms with E-state index in [0.29, 0.717) is 5.56 Å². The molecule has 0 spiro atoms. The van der Waals surface area contributed by atoms with Gasteiger partial charge >= 0.3 is 0 Å². The quantitative estimate of drug-likeness (QED) is 0.318. The third kappa shape index (κ3) is 2.56. The Labute approximate surface area is 131 Å². The van der Waals surface area contributed by atoms with Gasteiger partial charge in [0.2, 0.25) is 0 Å². The summed E-state index contributed by atoms with van der Waals surface area (Å²) in [5.74, 6) is 0. The Morgan fingerprint density at radius 1 is 1.14 bits per heavy atom. The van der Waals surface area contributed by atoms with Crippen molar-refractivity contribution >= 4 is 35.5 Å². The molecular formula is C15H13N3OS2. The number of thioether (sulfide) groups is 2. The maximum absolute atomic E-state index is 11.2. The molecule has 0 bridgehead atoms. The normalized spacial score (nSPS) is 11.0. The van der Waals surface area contributed by atoms with Crippen LogP contribution >= 0.6 is 23.5 Å². The number of aromatic nitrogens is 3. The zero-order valence-corrected chi connectivity index (χ0v) is 13.2. The fraction of sp³-hybridized carbons (Fsp3) is 0.133. The Morgan fingerprint density at radius 2 is 1.95 bits per heavy atom. The van der Waals surface area contributed by atoms with Gasteiger partial charge in [-0.05, 0) is 12.5 Å². The van der Waals surface area contributed by atoms with E-state index in [1.807, 2.05) is 47.4 Å². The van der Waals surface area contributed by atoms with E-state index >= 15 is 0 Å². The molecule has 0 saturated carbocycles. The first-order chi connectivity index (χ1) is 10.3. The summed E-state index contributed by atoms with van der Waals surface area (Å²) in [6.07, 6.45) is 6.78. The summed E-state index contributed by atoms with van der Waals surface area (Å²) < 4.78 is 1.96. The summed E-state index contributed by atoms with van der Waals surface area (Å²) in [5.41, 5.74) is 3.11. The van der Waals surface area contributed by atoms with E-state index in [1.54, 1.807) is 29.6 Å². The average Bonchev–Trinajstić information content (AvgIpc) is 2.97. The number of nitrogens with zero attached hydrogens (tertiary/aromatic N) is 3. The van der Waals surface area contributed by atoms with E-state index in [0.717, 1.165) is 33.4 Å². The molecule has 0 amide bonds. The van der Waals surface area contributed by atoms with Gasteiger partial charge in [-0.3, -0.25) is 9.20 Å². The van der Waals surface area contributed by atoms with Crippen LogP contribution in [0.3, 0.4) is 0 Å². The van der Waals surface area contributed by atoms with Crippen molar-refractivity contribution in [3.05, 3.63) is 42.1 Å². The van der Waals surface area contributed by atoms with Crippen molar-refractivity contribution < 1.29 is 4.79 Å². The molecule has 4 nitrogen and oxygen atoms in total. The Morgan fingerprint density at radius 3 is 2.67 bits per heavy atom. The fourth-order valence-corrected chi connectivity index (χ4v) is 3.14. The van der Waals surface area contributed by atoms with Gasteiger partial charge in [-0.25, -0.2) is 9.97 Å². The van der Waals surface area contributed by atoms with Gasteiger partial charge < -0.3 is 0 Å². The molecule has 6 heteroatoms. The summed E-state index contributed by atoms with van der Waals surface area (Å²) in [5, 5.41) is 1.83. The highest BCUT2D eigenvalue weighted by molar-refractivity contribution is 7.99. The number of carbonyl (C=O) groups is 1. The molecule has 106 valence electrons. The Kier molecular flexibility index (Phi) is 3.98. The van der Waals surface area contributed by atoms with Gasteiger partial charge in [-0.1, -0.05) is 36.0 Å². The lowest BCUT2D eigenvalue weighted by atomic mass is 10.1. The molecule has 0 aliphatic heterocycles. The van der Waals surface area contributed by atoms with Gasteiger partial charge in [0.05, 0.1) is 5.69 Å². The highest BCUT2D eigenvalue weighted by Crippen LogP contribution is 2.26. The average molecular weight is 315 g/mol. The topological polar surface area (TPSA) is 47.3 Å². The first kappa shape index (κ1) is 14.2. The van der Waals surface area contributed by atoms with E-state index in [4.69, 9.17) is 0 Å². The molecule has 1 aromatic carbocycles. The maximum atomic E-state index is 11.2. The third-order valence-corrected chi connectivity index (χ3v) is 4.43. The number of benzene rings is 1. The van der Waals surface area contributed by atoms with Gasteiger partial charge in [0.15, 0.2) is 11.4 Å². The van der Waals surface area contributed by atoms with Crippen molar-refractivity contribution in [3.8, 4) is 11.3 Å². The Hall–Kier alpha value is -1.79. The van der Waals surface area contributed by atoms with Crippen molar-refractivity contribution in [1.29, 1.82) is 0 Å². The van der Waals surface area contributed by atoms with Gasteiger partial charge in [0.25, 0.3) is 0 Å². The lowest BCUT2D eigenvalue weighted by Crippen LogP contribution is -1.93. The molecule has 3 aromatic rings. The summed E-state index contributed by atoms with van der Waals surface area (Å²) in [4.78, 5) is 20.4. The van der Waals surface area contributed by atoms with Gasteiger partial charge in [0, 0.05) is 23.4 Å². The zero-order chi connectivity index (χ0) is 14.8. The van der Waals surface area contributed by atoms with Gasteiger partial charge in [-0.2, -0.15) is 0 Å². The van der Waals surface area contributed by atoms with Crippen LogP contribution in [0.25, 0.3) is 16.9 Å². The number of rotatable bonds is 4. The van der Waals surface area contributed by atoms with Crippen LogP contribution in [0.1, 0.15) is 10.4 Å². The highest BCUT2D eigenvalue weighted by Gasteiger charge is 2.12. The minimum Gasteiger partial charge on any atom is -0.298 e. The van der Waals surface area contributed by atoms with Gasteiger partial charge in [0.1, 0.15) is 10.7 Å². The predicted octanol–water partition coefficient (Wildman–Crippen LogP) is 3.65. The molecule has 0 aliphatic rings. The Balaban J connectivity index is 2.23. The molecule has 0 N–H and O–H groups in total. The van der Waals surface area contributed by atoms with E-state index in [-0.39, 0.29) is 0 Å². The van der Waals surface area contributed by atoms with Crippen LogP contribution in [-0.2, 0) is 0 Å². The lowest BCUT2D eigenvalue weighted by Gasteiger charge is -2.02. The van der Waals surface area contributed by atoms with Crippen LogP contribution in [0.5, 0.6) is 0 Å². The molecule has 2 aromatic heterocycles. The van der Waals surface area contributed by atoms with Crippen LogP contribution in [0.4, 0.5) is 0 Å². The second kappa shape index (κ2) is 5.91. The van der Waals surface area contributed by atoms with Crippen molar-refractivity contribution in [1.82, 2.24) is 14.4 Å². The molecule has 0 radical (unpaired) electrons. The SMILES string of the molecule is CSc1cc2nc(-c3ccccc3C=O)cn2c(SC)n1. The number of carbonyl (C=O) groups excluding carboxylic acids is 1. The third-order valence-electron chi connectivity index (χ3n) is 3.15. The monoisotopic (exact) mass is 315 g/mol.